The predicted molar refractivity (Wildman–Crippen MR) is 64.9 cm³/mol. The van der Waals surface area contributed by atoms with Gasteiger partial charge in [-0.05, 0) is 45.6 Å². The molecule has 0 saturated heterocycles. The fourth-order valence-corrected chi connectivity index (χ4v) is 2.45. The number of hydrogen-bond donors (Lipinski definition) is 1. The molecule has 0 aromatic rings. The third-order valence-electron chi connectivity index (χ3n) is 4.57. The van der Waals surface area contributed by atoms with Crippen LogP contribution < -0.4 is 0 Å². The van der Waals surface area contributed by atoms with E-state index in [0.717, 1.165) is 19.3 Å². The fraction of sp³-hybridized carbons (Fsp3) is 1.00. The van der Waals surface area contributed by atoms with Crippen LogP contribution in [0.1, 0.15) is 53.9 Å². The van der Waals surface area contributed by atoms with E-state index in [0.29, 0.717) is 6.04 Å². The molecule has 0 bridgehead atoms. The molecule has 0 radical (unpaired) electrons. The molecule has 1 fully saturated rings. The molecule has 90 valence electrons. The smallest absolute Gasteiger partial charge is 0.0746 e. The Bertz CT molecular complexity index is 223. The maximum atomic E-state index is 10.3. The lowest BCUT2D eigenvalue weighted by atomic mass is 9.88. The van der Waals surface area contributed by atoms with Gasteiger partial charge in [0.05, 0.1) is 6.10 Å². The van der Waals surface area contributed by atoms with Gasteiger partial charge in [0.15, 0.2) is 0 Å². The standard InChI is InChI=1S/C13H27NO/c1-7-13(4,5)14(6)10-8-9-12(2,3)11(10)15/h10-11,15H,7-9H2,1-6H3. The normalized spacial score (nSPS) is 31.2. The Morgan fingerprint density at radius 3 is 2.27 bits per heavy atom. The second-order valence-electron chi connectivity index (χ2n) is 6.32. The van der Waals surface area contributed by atoms with Gasteiger partial charge in [0.25, 0.3) is 0 Å². The van der Waals surface area contributed by atoms with Crippen LogP contribution >= 0.6 is 0 Å². The van der Waals surface area contributed by atoms with Crippen molar-refractivity contribution >= 4 is 0 Å². The van der Waals surface area contributed by atoms with Gasteiger partial charge < -0.3 is 5.11 Å². The monoisotopic (exact) mass is 213 g/mol. The molecular formula is C13H27NO. The highest BCUT2D eigenvalue weighted by Crippen LogP contribution is 2.41. The van der Waals surface area contributed by atoms with Crippen LogP contribution in [-0.4, -0.2) is 34.7 Å². The molecule has 1 N–H and O–H groups in total. The van der Waals surface area contributed by atoms with E-state index in [-0.39, 0.29) is 17.1 Å². The largest absolute Gasteiger partial charge is 0.391 e. The molecule has 0 spiro atoms. The molecule has 0 aliphatic heterocycles. The molecule has 2 atom stereocenters. The topological polar surface area (TPSA) is 23.5 Å². The van der Waals surface area contributed by atoms with Crippen molar-refractivity contribution < 1.29 is 5.11 Å². The van der Waals surface area contributed by atoms with Gasteiger partial charge in [0.2, 0.25) is 0 Å². The highest BCUT2D eigenvalue weighted by molar-refractivity contribution is 4.98. The second-order valence-corrected chi connectivity index (χ2v) is 6.32. The van der Waals surface area contributed by atoms with E-state index in [1.165, 1.54) is 0 Å². The number of aliphatic hydroxyl groups excluding tert-OH is 1. The highest BCUT2D eigenvalue weighted by atomic mass is 16.3. The summed E-state index contributed by atoms with van der Waals surface area (Å²) in [5, 5.41) is 10.3. The Kier molecular flexibility index (Phi) is 3.52. The average Bonchev–Trinajstić information content (AvgIpc) is 2.41. The van der Waals surface area contributed by atoms with Crippen LogP contribution in [0, 0.1) is 5.41 Å². The summed E-state index contributed by atoms with van der Waals surface area (Å²) in [7, 11) is 2.15. The van der Waals surface area contributed by atoms with E-state index in [1.807, 2.05) is 0 Å². The van der Waals surface area contributed by atoms with Crippen molar-refractivity contribution in [2.24, 2.45) is 5.41 Å². The van der Waals surface area contributed by atoms with Crippen LogP contribution in [0.5, 0.6) is 0 Å². The Morgan fingerprint density at radius 1 is 1.40 bits per heavy atom. The van der Waals surface area contributed by atoms with E-state index in [4.69, 9.17) is 0 Å². The van der Waals surface area contributed by atoms with Crippen LogP contribution in [0.3, 0.4) is 0 Å². The van der Waals surface area contributed by atoms with Gasteiger partial charge in [-0.25, -0.2) is 0 Å². The zero-order chi connectivity index (χ0) is 11.9. The van der Waals surface area contributed by atoms with Gasteiger partial charge in [-0.1, -0.05) is 20.8 Å². The van der Waals surface area contributed by atoms with Gasteiger partial charge in [0, 0.05) is 11.6 Å². The van der Waals surface area contributed by atoms with Crippen molar-refractivity contribution in [1.82, 2.24) is 4.90 Å². The lowest BCUT2D eigenvalue weighted by molar-refractivity contribution is -0.0115. The second kappa shape index (κ2) is 4.06. The van der Waals surface area contributed by atoms with Crippen LogP contribution in [0.25, 0.3) is 0 Å². The lowest BCUT2D eigenvalue weighted by Crippen LogP contribution is -2.51. The van der Waals surface area contributed by atoms with Crippen LogP contribution in [0.2, 0.25) is 0 Å². The summed E-state index contributed by atoms with van der Waals surface area (Å²) in [6.07, 6.45) is 3.18. The minimum Gasteiger partial charge on any atom is -0.391 e. The number of hydrogen-bond acceptors (Lipinski definition) is 2. The van der Waals surface area contributed by atoms with Crippen LogP contribution in [0.15, 0.2) is 0 Å². The van der Waals surface area contributed by atoms with Crippen molar-refractivity contribution in [1.29, 1.82) is 0 Å². The van der Waals surface area contributed by atoms with Crippen molar-refractivity contribution in [3.05, 3.63) is 0 Å². The zero-order valence-electron chi connectivity index (χ0n) is 11.2. The molecule has 0 aromatic carbocycles. The van der Waals surface area contributed by atoms with Gasteiger partial charge in [-0.15, -0.1) is 0 Å². The Hall–Kier alpha value is -0.0800. The molecule has 1 saturated carbocycles. The van der Waals surface area contributed by atoms with Crippen molar-refractivity contribution in [2.75, 3.05) is 7.05 Å². The van der Waals surface area contributed by atoms with Crippen LogP contribution in [0.4, 0.5) is 0 Å². The Morgan fingerprint density at radius 2 is 1.93 bits per heavy atom. The summed E-state index contributed by atoms with van der Waals surface area (Å²) in [5.74, 6) is 0. The minimum atomic E-state index is -0.187. The summed E-state index contributed by atoms with van der Waals surface area (Å²) < 4.78 is 0. The van der Waals surface area contributed by atoms with Gasteiger partial charge in [-0.3, -0.25) is 4.90 Å². The maximum Gasteiger partial charge on any atom is 0.0746 e. The first-order valence-electron chi connectivity index (χ1n) is 6.13. The molecule has 2 unspecified atom stereocenters. The van der Waals surface area contributed by atoms with Crippen LogP contribution in [-0.2, 0) is 0 Å². The summed E-state index contributed by atoms with van der Waals surface area (Å²) in [4.78, 5) is 2.37. The van der Waals surface area contributed by atoms with Crippen molar-refractivity contribution in [3.8, 4) is 0 Å². The molecule has 0 aromatic heterocycles. The Labute approximate surface area is 94.7 Å². The number of nitrogens with zero attached hydrogens (tertiary/aromatic N) is 1. The molecule has 1 aliphatic rings. The summed E-state index contributed by atoms with van der Waals surface area (Å²) in [6.45, 7) is 11.1. The lowest BCUT2D eigenvalue weighted by Gasteiger charge is -2.41. The van der Waals surface area contributed by atoms with Gasteiger partial charge in [0.1, 0.15) is 0 Å². The first-order chi connectivity index (χ1) is 6.72. The first-order valence-corrected chi connectivity index (χ1v) is 6.13. The number of likely N-dealkylation sites (N-methyl/N-ethyl adjacent to an activating group) is 1. The van der Waals surface area contributed by atoms with Gasteiger partial charge >= 0.3 is 0 Å². The quantitative estimate of drug-likeness (QED) is 0.779. The SMILES string of the molecule is CCC(C)(C)N(C)C1CCC(C)(C)C1O. The fourth-order valence-electron chi connectivity index (χ4n) is 2.45. The minimum absolute atomic E-state index is 0.0861. The van der Waals surface area contributed by atoms with E-state index in [2.05, 4.69) is 46.6 Å². The van der Waals surface area contributed by atoms with Crippen molar-refractivity contribution in [3.63, 3.8) is 0 Å². The molecule has 1 aliphatic carbocycles. The molecular weight excluding hydrogens is 186 g/mol. The van der Waals surface area contributed by atoms with Gasteiger partial charge in [-0.2, -0.15) is 0 Å². The van der Waals surface area contributed by atoms with E-state index >= 15 is 0 Å². The number of rotatable bonds is 3. The number of aliphatic hydroxyl groups is 1. The molecule has 2 heteroatoms. The average molecular weight is 213 g/mol. The first kappa shape index (κ1) is 13.0. The molecule has 0 amide bonds. The van der Waals surface area contributed by atoms with E-state index in [9.17, 15) is 5.11 Å². The summed E-state index contributed by atoms with van der Waals surface area (Å²) >= 11 is 0. The predicted octanol–water partition coefficient (Wildman–Crippen LogP) is 2.66. The molecule has 2 nitrogen and oxygen atoms in total. The summed E-state index contributed by atoms with van der Waals surface area (Å²) in [5.41, 5.74) is 0.273. The third kappa shape index (κ3) is 2.36. The molecule has 0 heterocycles. The molecule has 15 heavy (non-hydrogen) atoms. The zero-order valence-corrected chi connectivity index (χ0v) is 11.2. The Balaban J connectivity index is 2.75. The van der Waals surface area contributed by atoms with E-state index < -0.39 is 0 Å². The maximum absolute atomic E-state index is 10.3. The summed E-state index contributed by atoms with van der Waals surface area (Å²) in [6, 6.07) is 0.329. The van der Waals surface area contributed by atoms with E-state index in [1.54, 1.807) is 0 Å². The van der Waals surface area contributed by atoms with Crippen molar-refractivity contribution in [2.45, 2.75) is 71.6 Å². The molecule has 1 rings (SSSR count). The third-order valence-corrected chi connectivity index (χ3v) is 4.57. The highest BCUT2D eigenvalue weighted by Gasteiger charge is 2.44.